The molecule has 0 aromatic rings. The molecule has 3 atom stereocenters. The highest BCUT2D eigenvalue weighted by molar-refractivity contribution is 14.1. The predicted molar refractivity (Wildman–Crippen MR) is 67.9 cm³/mol. The van der Waals surface area contributed by atoms with Crippen LogP contribution in [0, 0.1) is 5.92 Å². The number of rotatable bonds is 0. The summed E-state index contributed by atoms with van der Waals surface area (Å²) in [5, 5.41) is 0. The standard InChI is InChI=1S/C9H16I2/c1-7-4-5-8(2,10)6-9(7,3)11/h7H,4-6H2,1-3H3/t7?,8-,9?/m0/s1. The molecule has 0 radical (unpaired) electrons. The number of hydrogen-bond donors (Lipinski definition) is 0. The van der Waals surface area contributed by atoms with Crippen molar-refractivity contribution in [3.05, 3.63) is 0 Å². The summed E-state index contributed by atoms with van der Waals surface area (Å²) in [6.07, 6.45) is 4.16. The maximum atomic E-state index is 2.64. The van der Waals surface area contributed by atoms with Gasteiger partial charge in [-0.3, -0.25) is 0 Å². The van der Waals surface area contributed by atoms with E-state index in [-0.39, 0.29) is 0 Å². The van der Waals surface area contributed by atoms with E-state index in [0.29, 0.717) is 6.84 Å². The van der Waals surface area contributed by atoms with Crippen molar-refractivity contribution >= 4 is 45.2 Å². The Balaban J connectivity index is 2.67. The van der Waals surface area contributed by atoms with Crippen molar-refractivity contribution in [1.82, 2.24) is 0 Å². The summed E-state index contributed by atoms with van der Waals surface area (Å²) in [5.74, 6) is 0.894. The van der Waals surface area contributed by atoms with E-state index in [1.807, 2.05) is 0 Å². The molecule has 2 unspecified atom stereocenters. The Morgan fingerprint density at radius 2 is 1.82 bits per heavy atom. The average molecular weight is 378 g/mol. The molecule has 0 spiro atoms. The van der Waals surface area contributed by atoms with E-state index in [4.69, 9.17) is 0 Å². The molecule has 0 heterocycles. The second kappa shape index (κ2) is 3.31. The minimum Gasteiger partial charge on any atom is -0.0791 e. The van der Waals surface area contributed by atoms with Gasteiger partial charge in [0.15, 0.2) is 0 Å². The third kappa shape index (κ3) is 2.71. The van der Waals surface area contributed by atoms with Gasteiger partial charge in [-0.15, -0.1) is 0 Å². The molecule has 66 valence electrons. The monoisotopic (exact) mass is 378 g/mol. The van der Waals surface area contributed by atoms with E-state index in [9.17, 15) is 0 Å². The molecule has 1 saturated carbocycles. The predicted octanol–water partition coefficient (Wildman–Crippen LogP) is 4.19. The summed E-state index contributed by atoms with van der Waals surface area (Å²) >= 11 is 5.26. The lowest BCUT2D eigenvalue weighted by atomic mass is 9.76. The SMILES string of the molecule is CC1CC[C@](C)(I)CC1(C)I. The third-order valence-electron chi connectivity index (χ3n) is 2.84. The van der Waals surface area contributed by atoms with Crippen molar-refractivity contribution in [3.8, 4) is 0 Å². The maximum Gasteiger partial charge on any atom is 0.0232 e. The first-order chi connectivity index (χ1) is 4.83. The van der Waals surface area contributed by atoms with Crippen molar-refractivity contribution < 1.29 is 0 Å². The third-order valence-corrected chi connectivity index (χ3v) is 5.21. The van der Waals surface area contributed by atoms with Crippen molar-refractivity contribution in [3.63, 3.8) is 0 Å². The molecule has 0 bridgehead atoms. The minimum atomic E-state index is 0.534. The lowest BCUT2D eigenvalue weighted by Crippen LogP contribution is -2.39. The van der Waals surface area contributed by atoms with E-state index in [0.717, 1.165) is 5.92 Å². The van der Waals surface area contributed by atoms with E-state index < -0.39 is 0 Å². The smallest absolute Gasteiger partial charge is 0.0232 e. The molecular weight excluding hydrogens is 362 g/mol. The molecule has 11 heavy (non-hydrogen) atoms. The summed E-state index contributed by atoms with van der Waals surface area (Å²) in [7, 11) is 0. The number of alkyl halides is 2. The van der Waals surface area contributed by atoms with E-state index in [1.54, 1.807) is 0 Å². The van der Waals surface area contributed by atoms with Crippen LogP contribution in [0.5, 0.6) is 0 Å². The van der Waals surface area contributed by atoms with Crippen molar-refractivity contribution in [2.75, 3.05) is 0 Å². The fourth-order valence-corrected chi connectivity index (χ4v) is 4.79. The van der Waals surface area contributed by atoms with Crippen LogP contribution in [0.25, 0.3) is 0 Å². The Hall–Kier alpha value is 1.46. The first kappa shape index (κ1) is 10.5. The van der Waals surface area contributed by atoms with Crippen LogP contribution in [0.1, 0.15) is 40.0 Å². The summed E-state index contributed by atoms with van der Waals surface area (Å²) in [4.78, 5) is 0. The van der Waals surface area contributed by atoms with Crippen LogP contribution in [0.3, 0.4) is 0 Å². The van der Waals surface area contributed by atoms with Gasteiger partial charge in [0, 0.05) is 6.84 Å². The van der Waals surface area contributed by atoms with Gasteiger partial charge in [0.1, 0.15) is 0 Å². The summed E-state index contributed by atoms with van der Waals surface area (Å²) in [6.45, 7) is 7.17. The van der Waals surface area contributed by atoms with Gasteiger partial charge < -0.3 is 0 Å². The zero-order valence-corrected chi connectivity index (χ0v) is 11.8. The first-order valence-electron chi connectivity index (χ1n) is 4.21. The highest BCUT2D eigenvalue weighted by atomic mass is 127. The van der Waals surface area contributed by atoms with Gasteiger partial charge in [0.2, 0.25) is 0 Å². The second-order valence-electron chi connectivity index (χ2n) is 4.31. The molecular formula is C9H16I2. The van der Waals surface area contributed by atoms with Crippen LogP contribution in [-0.2, 0) is 0 Å². The van der Waals surface area contributed by atoms with Crippen LogP contribution in [0.4, 0.5) is 0 Å². The molecule has 0 aromatic heterocycles. The van der Waals surface area contributed by atoms with Gasteiger partial charge >= 0.3 is 0 Å². The molecule has 0 amide bonds. The Bertz CT molecular complexity index is 150. The highest BCUT2D eigenvalue weighted by Gasteiger charge is 2.40. The fraction of sp³-hybridized carbons (Fsp3) is 1.00. The molecule has 0 saturated heterocycles. The largest absolute Gasteiger partial charge is 0.0791 e. The van der Waals surface area contributed by atoms with Crippen molar-refractivity contribution in [1.29, 1.82) is 0 Å². The second-order valence-corrected chi connectivity index (χ2v) is 9.38. The lowest BCUT2D eigenvalue weighted by Gasteiger charge is -2.42. The normalized spacial score (nSPS) is 52.6. The van der Waals surface area contributed by atoms with Crippen LogP contribution < -0.4 is 0 Å². The Morgan fingerprint density at radius 3 is 2.18 bits per heavy atom. The Morgan fingerprint density at radius 1 is 1.27 bits per heavy atom. The van der Waals surface area contributed by atoms with Crippen LogP contribution in [0.2, 0.25) is 0 Å². The van der Waals surface area contributed by atoms with Crippen LogP contribution in [0.15, 0.2) is 0 Å². The van der Waals surface area contributed by atoms with E-state index in [1.165, 1.54) is 19.3 Å². The quantitative estimate of drug-likeness (QED) is 0.438. The zero-order chi connectivity index (χ0) is 8.70. The van der Waals surface area contributed by atoms with Gasteiger partial charge in [-0.1, -0.05) is 66.0 Å². The summed E-state index contributed by atoms with van der Waals surface area (Å²) in [6, 6.07) is 0. The summed E-state index contributed by atoms with van der Waals surface area (Å²) in [5.41, 5.74) is 0. The maximum absolute atomic E-state index is 2.64. The molecule has 2 heteroatoms. The number of halogens is 2. The van der Waals surface area contributed by atoms with Gasteiger partial charge in [-0.2, -0.15) is 0 Å². The van der Waals surface area contributed by atoms with Gasteiger partial charge in [-0.25, -0.2) is 0 Å². The summed E-state index contributed by atoms with van der Waals surface area (Å²) < 4.78 is 1.09. The molecule has 1 aliphatic rings. The average Bonchev–Trinajstić information content (AvgIpc) is 1.77. The van der Waals surface area contributed by atoms with E-state index >= 15 is 0 Å². The first-order valence-corrected chi connectivity index (χ1v) is 6.37. The van der Waals surface area contributed by atoms with Crippen molar-refractivity contribution in [2.24, 2.45) is 5.92 Å². The zero-order valence-electron chi connectivity index (χ0n) is 7.45. The number of hydrogen-bond acceptors (Lipinski definition) is 0. The van der Waals surface area contributed by atoms with E-state index in [2.05, 4.69) is 66.0 Å². The van der Waals surface area contributed by atoms with Gasteiger partial charge in [0.05, 0.1) is 0 Å². The molecule has 1 rings (SSSR count). The molecule has 0 nitrogen and oxygen atoms in total. The lowest BCUT2D eigenvalue weighted by molar-refractivity contribution is 0.295. The molecule has 0 aromatic carbocycles. The fourth-order valence-electron chi connectivity index (χ4n) is 1.80. The van der Waals surface area contributed by atoms with Gasteiger partial charge in [0.25, 0.3) is 0 Å². The minimum absolute atomic E-state index is 0.534. The highest BCUT2D eigenvalue weighted by Crippen LogP contribution is 2.48. The van der Waals surface area contributed by atoms with Crippen molar-refractivity contribution in [2.45, 2.75) is 46.9 Å². The van der Waals surface area contributed by atoms with Crippen LogP contribution >= 0.6 is 45.2 Å². The topological polar surface area (TPSA) is 0 Å². The Labute approximate surface area is 97.2 Å². The van der Waals surface area contributed by atoms with Gasteiger partial charge in [-0.05, 0) is 25.2 Å². The molecule has 0 N–H and O–H groups in total. The van der Waals surface area contributed by atoms with Crippen LogP contribution in [-0.4, -0.2) is 6.84 Å². The molecule has 1 fully saturated rings. The molecule has 1 aliphatic carbocycles. The Kier molecular flexibility index (Phi) is 3.17. The molecule has 0 aliphatic heterocycles.